The van der Waals surface area contributed by atoms with Crippen molar-refractivity contribution in [3.8, 4) is 0 Å². The van der Waals surface area contributed by atoms with Crippen LogP contribution in [0.4, 0.5) is 5.69 Å². The first-order valence-electron chi connectivity index (χ1n) is 7.77. The highest BCUT2D eigenvalue weighted by Gasteiger charge is 2.23. The van der Waals surface area contributed by atoms with Crippen LogP contribution in [0.5, 0.6) is 0 Å². The van der Waals surface area contributed by atoms with Gasteiger partial charge in [-0.3, -0.25) is 4.98 Å². The van der Waals surface area contributed by atoms with Crippen molar-refractivity contribution < 1.29 is 4.74 Å². The molecule has 0 amide bonds. The van der Waals surface area contributed by atoms with E-state index in [1.165, 1.54) is 16.6 Å². The number of fused-ring (bicyclic) bond motifs is 1. The minimum absolute atomic E-state index is 0.111. The number of morpholine rings is 1. The number of benzene rings is 2. The SMILES string of the molecule is Brc1ccc2nccc(N3CCOC(c4ccccc4)C3)c2c1. The number of aromatic nitrogens is 1. The molecule has 1 aliphatic rings. The molecule has 1 unspecified atom stereocenters. The van der Waals surface area contributed by atoms with Crippen LogP contribution in [0.1, 0.15) is 11.7 Å². The molecule has 0 N–H and O–H groups in total. The van der Waals surface area contributed by atoms with E-state index >= 15 is 0 Å². The summed E-state index contributed by atoms with van der Waals surface area (Å²) < 4.78 is 7.06. The Hall–Kier alpha value is -1.91. The molecule has 1 fully saturated rings. The first kappa shape index (κ1) is 14.7. The first-order valence-corrected chi connectivity index (χ1v) is 8.56. The van der Waals surface area contributed by atoms with E-state index in [0.717, 1.165) is 29.7 Å². The first-order chi connectivity index (χ1) is 11.3. The summed E-state index contributed by atoms with van der Waals surface area (Å²) in [7, 11) is 0. The number of anilines is 1. The summed E-state index contributed by atoms with van der Waals surface area (Å²) in [6.07, 6.45) is 2.00. The zero-order valence-corrected chi connectivity index (χ0v) is 14.2. The normalized spacial score (nSPS) is 18.3. The standard InChI is InChI=1S/C19H17BrN2O/c20-15-6-7-17-16(12-15)18(8-9-21-17)22-10-11-23-19(13-22)14-4-2-1-3-5-14/h1-9,12,19H,10-11,13H2. The zero-order chi connectivity index (χ0) is 15.6. The lowest BCUT2D eigenvalue weighted by Crippen LogP contribution is -2.38. The molecule has 0 saturated carbocycles. The van der Waals surface area contributed by atoms with Crippen molar-refractivity contribution in [3.05, 3.63) is 70.8 Å². The number of halogens is 1. The molecule has 2 aromatic carbocycles. The Morgan fingerprint density at radius 3 is 2.83 bits per heavy atom. The van der Waals surface area contributed by atoms with Crippen molar-refractivity contribution in [2.75, 3.05) is 24.6 Å². The molecule has 4 heteroatoms. The van der Waals surface area contributed by atoms with Crippen LogP contribution in [-0.4, -0.2) is 24.7 Å². The fraction of sp³-hybridized carbons (Fsp3) is 0.211. The maximum Gasteiger partial charge on any atom is 0.100 e. The van der Waals surface area contributed by atoms with Gasteiger partial charge >= 0.3 is 0 Å². The largest absolute Gasteiger partial charge is 0.370 e. The lowest BCUT2D eigenvalue weighted by atomic mass is 10.1. The van der Waals surface area contributed by atoms with Gasteiger partial charge in [0.1, 0.15) is 6.10 Å². The Labute approximate surface area is 144 Å². The summed E-state index contributed by atoms with van der Waals surface area (Å²) in [5.41, 5.74) is 3.48. The highest BCUT2D eigenvalue weighted by atomic mass is 79.9. The van der Waals surface area contributed by atoms with Gasteiger partial charge in [0.2, 0.25) is 0 Å². The van der Waals surface area contributed by atoms with Crippen LogP contribution in [-0.2, 0) is 4.74 Å². The Morgan fingerprint density at radius 2 is 1.96 bits per heavy atom. The Kier molecular flexibility index (Phi) is 4.02. The summed E-state index contributed by atoms with van der Waals surface area (Å²) in [6.45, 7) is 2.49. The number of hydrogen-bond donors (Lipinski definition) is 0. The Morgan fingerprint density at radius 1 is 1.09 bits per heavy atom. The molecular formula is C19H17BrN2O. The van der Waals surface area contributed by atoms with Gasteiger partial charge < -0.3 is 9.64 Å². The lowest BCUT2D eigenvalue weighted by Gasteiger charge is -2.35. The molecule has 0 aliphatic carbocycles. The van der Waals surface area contributed by atoms with E-state index in [1.807, 2.05) is 18.3 Å². The van der Waals surface area contributed by atoms with Gasteiger partial charge in [0.15, 0.2) is 0 Å². The summed E-state index contributed by atoms with van der Waals surface area (Å²) in [6, 6.07) is 18.8. The van der Waals surface area contributed by atoms with Crippen LogP contribution in [0, 0.1) is 0 Å². The smallest absolute Gasteiger partial charge is 0.100 e. The van der Waals surface area contributed by atoms with E-state index in [1.54, 1.807) is 0 Å². The van der Waals surface area contributed by atoms with Crippen LogP contribution >= 0.6 is 15.9 Å². The van der Waals surface area contributed by atoms with Gasteiger partial charge in [0, 0.05) is 34.8 Å². The number of pyridine rings is 1. The van der Waals surface area contributed by atoms with E-state index in [4.69, 9.17) is 4.74 Å². The molecule has 1 aromatic heterocycles. The van der Waals surface area contributed by atoms with Crippen molar-refractivity contribution in [2.24, 2.45) is 0 Å². The predicted octanol–water partition coefficient (Wildman–Crippen LogP) is 4.58. The van der Waals surface area contributed by atoms with Crippen LogP contribution in [0.2, 0.25) is 0 Å². The van der Waals surface area contributed by atoms with Crippen molar-refractivity contribution in [1.82, 2.24) is 4.98 Å². The lowest BCUT2D eigenvalue weighted by molar-refractivity contribution is 0.0399. The van der Waals surface area contributed by atoms with Crippen molar-refractivity contribution in [3.63, 3.8) is 0 Å². The van der Waals surface area contributed by atoms with Crippen molar-refractivity contribution >= 4 is 32.5 Å². The van der Waals surface area contributed by atoms with Crippen LogP contribution in [0.3, 0.4) is 0 Å². The van der Waals surface area contributed by atoms with Gasteiger partial charge in [-0.05, 0) is 29.8 Å². The molecule has 1 saturated heterocycles. The highest BCUT2D eigenvalue weighted by Crippen LogP contribution is 2.31. The number of nitrogens with zero attached hydrogens (tertiary/aromatic N) is 2. The third-order valence-corrected chi connectivity index (χ3v) is 4.75. The average Bonchev–Trinajstić information content (AvgIpc) is 2.62. The number of rotatable bonds is 2. The molecule has 4 rings (SSSR count). The van der Waals surface area contributed by atoms with E-state index in [2.05, 4.69) is 68.3 Å². The molecule has 0 bridgehead atoms. The summed E-state index contributed by atoms with van der Waals surface area (Å²) in [5.74, 6) is 0. The predicted molar refractivity (Wildman–Crippen MR) is 96.8 cm³/mol. The molecule has 3 aromatic rings. The van der Waals surface area contributed by atoms with Crippen LogP contribution < -0.4 is 4.90 Å². The molecule has 0 radical (unpaired) electrons. The number of hydrogen-bond acceptors (Lipinski definition) is 3. The Bertz CT molecular complexity index is 822. The van der Waals surface area contributed by atoms with Gasteiger partial charge in [-0.15, -0.1) is 0 Å². The minimum atomic E-state index is 0.111. The third kappa shape index (κ3) is 2.96. The second-order valence-electron chi connectivity index (χ2n) is 5.71. The van der Waals surface area contributed by atoms with Crippen molar-refractivity contribution in [1.29, 1.82) is 0 Å². The number of ether oxygens (including phenoxy) is 1. The fourth-order valence-corrected chi connectivity index (χ4v) is 3.48. The van der Waals surface area contributed by atoms with Gasteiger partial charge in [-0.1, -0.05) is 46.3 Å². The fourth-order valence-electron chi connectivity index (χ4n) is 3.12. The van der Waals surface area contributed by atoms with Crippen molar-refractivity contribution in [2.45, 2.75) is 6.10 Å². The van der Waals surface area contributed by atoms with Gasteiger partial charge in [0.05, 0.1) is 12.1 Å². The van der Waals surface area contributed by atoms with Crippen LogP contribution in [0.25, 0.3) is 10.9 Å². The van der Waals surface area contributed by atoms with E-state index in [9.17, 15) is 0 Å². The second-order valence-corrected chi connectivity index (χ2v) is 6.62. The quantitative estimate of drug-likeness (QED) is 0.662. The molecule has 116 valence electrons. The zero-order valence-electron chi connectivity index (χ0n) is 12.7. The third-order valence-electron chi connectivity index (χ3n) is 4.26. The second kappa shape index (κ2) is 6.30. The van der Waals surface area contributed by atoms with Gasteiger partial charge in [-0.2, -0.15) is 0 Å². The van der Waals surface area contributed by atoms with E-state index in [-0.39, 0.29) is 6.10 Å². The summed E-state index contributed by atoms with van der Waals surface area (Å²) in [5, 5.41) is 1.18. The molecule has 3 nitrogen and oxygen atoms in total. The van der Waals surface area contributed by atoms with Gasteiger partial charge in [0.25, 0.3) is 0 Å². The molecule has 1 atom stereocenters. The van der Waals surface area contributed by atoms with E-state index in [0.29, 0.717) is 0 Å². The minimum Gasteiger partial charge on any atom is -0.370 e. The molecule has 2 heterocycles. The summed E-state index contributed by atoms with van der Waals surface area (Å²) in [4.78, 5) is 6.88. The summed E-state index contributed by atoms with van der Waals surface area (Å²) >= 11 is 3.57. The molecular weight excluding hydrogens is 352 g/mol. The average molecular weight is 369 g/mol. The maximum atomic E-state index is 5.98. The topological polar surface area (TPSA) is 25.4 Å². The van der Waals surface area contributed by atoms with Crippen LogP contribution in [0.15, 0.2) is 65.3 Å². The van der Waals surface area contributed by atoms with Gasteiger partial charge in [-0.25, -0.2) is 0 Å². The highest BCUT2D eigenvalue weighted by molar-refractivity contribution is 9.10. The molecule has 1 aliphatic heterocycles. The molecule has 23 heavy (non-hydrogen) atoms. The molecule has 0 spiro atoms. The monoisotopic (exact) mass is 368 g/mol. The maximum absolute atomic E-state index is 5.98. The van der Waals surface area contributed by atoms with E-state index < -0.39 is 0 Å². The Balaban J connectivity index is 1.69.